The van der Waals surface area contributed by atoms with Crippen molar-refractivity contribution in [1.29, 1.82) is 0 Å². The lowest BCUT2D eigenvalue weighted by Gasteiger charge is -2.12. The minimum atomic E-state index is 0.0133. The van der Waals surface area contributed by atoms with Gasteiger partial charge < -0.3 is 10.1 Å². The highest BCUT2D eigenvalue weighted by atomic mass is 16.5. The van der Waals surface area contributed by atoms with Gasteiger partial charge in [0.05, 0.1) is 12.3 Å². The largest absolute Gasteiger partial charge is 0.491 e. The third kappa shape index (κ3) is 3.09. The number of rotatable bonds is 6. The minimum absolute atomic E-state index is 0.0133. The molecule has 1 amide bonds. The molecule has 18 heavy (non-hydrogen) atoms. The van der Waals surface area contributed by atoms with Gasteiger partial charge in [-0.05, 0) is 37.5 Å². The fourth-order valence-corrected chi connectivity index (χ4v) is 1.64. The highest BCUT2D eigenvalue weighted by Crippen LogP contribution is 2.32. The maximum absolute atomic E-state index is 11.7. The topological polar surface area (TPSA) is 55.4 Å². The Balaban J connectivity index is 2.16. The van der Waals surface area contributed by atoms with Crippen LogP contribution < -0.4 is 10.1 Å². The standard InChI is InChI=1S/C14H17NO3/c1-2-7-18-13-6-3-10(9-16)8-12(13)15-14(17)11-4-5-11/h3,6,8-9,11H,2,4-5,7H2,1H3,(H,15,17). The van der Waals surface area contributed by atoms with Gasteiger partial charge in [-0.15, -0.1) is 0 Å². The van der Waals surface area contributed by atoms with Crippen molar-refractivity contribution in [2.45, 2.75) is 26.2 Å². The normalized spacial score (nSPS) is 14.1. The van der Waals surface area contributed by atoms with Crippen molar-refractivity contribution in [2.24, 2.45) is 5.92 Å². The lowest BCUT2D eigenvalue weighted by molar-refractivity contribution is -0.117. The Morgan fingerprint density at radius 3 is 2.89 bits per heavy atom. The minimum Gasteiger partial charge on any atom is -0.491 e. The van der Waals surface area contributed by atoms with E-state index in [1.54, 1.807) is 18.2 Å². The molecule has 0 saturated heterocycles. The van der Waals surface area contributed by atoms with Gasteiger partial charge in [0, 0.05) is 11.5 Å². The van der Waals surface area contributed by atoms with Crippen LogP contribution in [0.2, 0.25) is 0 Å². The van der Waals surface area contributed by atoms with E-state index in [0.29, 0.717) is 23.6 Å². The number of aldehydes is 1. The maximum Gasteiger partial charge on any atom is 0.227 e. The fourth-order valence-electron chi connectivity index (χ4n) is 1.64. The summed E-state index contributed by atoms with van der Waals surface area (Å²) in [5.41, 5.74) is 1.12. The first-order valence-corrected chi connectivity index (χ1v) is 6.27. The molecule has 4 nitrogen and oxygen atoms in total. The molecule has 0 aromatic heterocycles. The molecule has 0 bridgehead atoms. The number of hydrogen-bond donors (Lipinski definition) is 1. The molecule has 1 fully saturated rings. The van der Waals surface area contributed by atoms with Gasteiger partial charge in [0.2, 0.25) is 5.91 Å². The lowest BCUT2D eigenvalue weighted by Crippen LogP contribution is -2.14. The number of carbonyl (C=O) groups excluding carboxylic acids is 2. The van der Waals surface area contributed by atoms with Crippen LogP contribution in [0.15, 0.2) is 18.2 Å². The van der Waals surface area contributed by atoms with E-state index in [4.69, 9.17) is 4.74 Å². The second-order valence-corrected chi connectivity index (χ2v) is 4.49. The van der Waals surface area contributed by atoms with E-state index in [0.717, 1.165) is 25.5 Å². The Morgan fingerprint density at radius 2 is 2.28 bits per heavy atom. The van der Waals surface area contributed by atoms with E-state index in [1.165, 1.54) is 0 Å². The van der Waals surface area contributed by atoms with Gasteiger partial charge >= 0.3 is 0 Å². The van der Waals surface area contributed by atoms with Crippen LogP contribution >= 0.6 is 0 Å². The summed E-state index contributed by atoms with van der Waals surface area (Å²) in [6, 6.07) is 5.06. The van der Waals surface area contributed by atoms with Crippen LogP contribution in [-0.4, -0.2) is 18.8 Å². The van der Waals surface area contributed by atoms with Crippen molar-refractivity contribution < 1.29 is 14.3 Å². The molecule has 2 rings (SSSR count). The van der Waals surface area contributed by atoms with E-state index < -0.39 is 0 Å². The molecule has 1 aliphatic carbocycles. The zero-order valence-corrected chi connectivity index (χ0v) is 10.4. The SMILES string of the molecule is CCCOc1ccc(C=O)cc1NC(=O)C1CC1. The Kier molecular flexibility index (Phi) is 3.97. The highest BCUT2D eigenvalue weighted by Gasteiger charge is 2.30. The monoisotopic (exact) mass is 247 g/mol. The van der Waals surface area contributed by atoms with E-state index >= 15 is 0 Å². The number of benzene rings is 1. The van der Waals surface area contributed by atoms with Gasteiger partial charge in [0.1, 0.15) is 12.0 Å². The maximum atomic E-state index is 11.7. The average molecular weight is 247 g/mol. The molecule has 0 atom stereocenters. The Morgan fingerprint density at radius 1 is 1.50 bits per heavy atom. The lowest BCUT2D eigenvalue weighted by atomic mass is 10.2. The van der Waals surface area contributed by atoms with Crippen molar-refractivity contribution in [3.63, 3.8) is 0 Å². The summed E-state index contributed by atoms with van der Waals surface area (Å²) in [5.74, 6) is 0.764. The number of amides is 1. The van der Waals surface area contributed by atoms with Crippen molar-refractivity contribution >= 4 is 17.9 Å². The van der Waals surface area contributed by atoms with E-state index in [-0.39, 0.29) is 11.8 Å². The van der Waals surface area contributed by atoms with E-state index in [1.807, 2.05) is 6.92 Å². The first kappa shape index (κ1) is 12.6. The molecule has 1 aromatic carbocycles. The molecule has 1 saturated carbocycles. The predicted molar refractivity (Wildman–Crippen MR) is 69.0 cm³/mol. The Labute approximate surface area is 106 Å². The summed E-state index contributed by atoms with van der Waals surface area (Å²) in [5, 5.41) is 2.83. The Bertz CT molecular complexity index is 452. The van der Waals surface area contributed by atoms with Crippen molar-refractivity contribution in [2.75, 3.05) is 11.9 Å². The zero-order valence-electron chi connectivity index (χ0n) is 10.4. The van der Waals surface area contributed by atoms with E-state index in [9.17, 15) is 9.59 Å². The molecular formula is C14H17NO3. The smallest absolute Gasteiger partial charge is 0.227 e. The van der Waals surface area contributed by atoms with Gasteiger partial charge in [0.25, 0.3) is 0 Å². The van der Waals surface area contributed by atoms with Gasteiger partial charge in [0.15, 0.2) is 0 Å². The number of ether oxygens (including phenoxy) is 1. The number of carbonyl (C=O) groups is 2. The van der Waals surface area contributed by atoms with Crippen molar-refractivity contribution in [3.05, 3.63) is 23.8 Å². The number of anilines is 1. The molecule has 96 valence electrons. The summed E-state index contributed by atoms with van der Waals surface area (Å²) in [7, 11) is 0. The quantitative estimate of drug-likeness (QED) is 0.786. The molecule has 0 unspecified atom stereocenters. The molecule has 0 radical (unpaired) electrons. The van der Waals surface area contributed by atoms with Gasteiger partial charge in [-0.3, -0.25) is 9.59 Å². The summed E-state index contributed by atoms with van der Waals surface area (Å²) >= 11 is 0. The zero-order chi connectivity index (χ0) is 13.0. The first-order valence-electron chi connectivity index (χ1n) is 6.27. The average Bonchev–Trinajstić information content (AvgIpc) is 3.21. The van der Waals surface area contributed by atoms with Crippen LogP contribution in [0.5, 0.6) is 5.75 Å². The summed E-state index contributed by atoms with van der Waals surface area (Å²) in [6.45, 7) is 2.61. The van der Waals surface area contributed by atoms with Crippen molar-refractivity contribution in [3.8, 4) is 5.75 Å². The van der Waals surface area contributed by atoms with Crippen LogP contribution in [-0.2, 0) is 4.79 Å². The van der Waals surface area contributed by atoms with Crippen LogP contribution in [0, 0.1) is 5.92 Å². The summed E-state index contributed by atoms with van der Waals surface area (Å²) < 4.78 is 5.56. The van der Waals surface area contributed by atoms with Gasteiger partial charge in [-0.25, -0.2) is 0 Å². The first-order chi connectivity index (χ1) is 8.74. The Hall–Kier alpha value is -1.84. The van der Waals surface area contributed by atoms with Crippen molar-refractivity contribution in [1.82, 2.24) is 0 Å². The predicted octanol–water partition coefficient (Wildman–Crippen LogP) is 2.64. The summed E-state index contributed by atoms with van der Waals surface area (Å²) in [6.07, 6.45) is 3.55. The molecule has 1 N–H and O–H groups in total. The number of hydrogen-bond acceptors (Lipinski definition) is 3. The van der Waals surface area contributed by atoms with Gasteiger partial charge in [-0.2, -0.15) is 0 Å². The molecular weight excluding hydrogens is 230 g/mol. The second-order valence-electron chi connectivity index (χ2n) is 4.49. The van der Waals surface area contributed by atoms with Crippen LogP contribution in [0.4, 0.5) is 5.69 Å². The molecule has 1 aliphatic rings. The molecule has 4 heteroatoms. The number of nitrogens with one attached hydrogen (secondary N) is 1. The highest BCUT2D eigenvalue weighted by molar-refractivity contribution is 5.96. The van der Waals surface area contributed by atoms with E-state index in [2.05, 4.69) is 5.32 Å². The molecule has 0 spiro atoms. The van der Waals surface area contributed by atoms with Crippen LogP contribution in [0.3, 0.4) is 0 Å². The molecule has 0 aliphatic heterocycles. The fraction of sp³-hybridized carbons (Fsp3) is 0.429. The third-order valence-corrected chi connectivity index (χ3v) is 2.81. The molecule has 1 aromatic rings. The van der Waals surface area contributed by atoms with Crippen LogP contribution in [0.1, 0.15) is 36.5 Å². The molecule has 0 heterocycles. The van der Waals surface area contributed by atoms with Crippen LogP contribution in [0.25, 0.3) is 0 Å². The van der Waals surface area contributed by atoms with Gasteiger partial charge in [-0.1, -0.05) is 6.92 Å². The summed E-state index contributed by atoms with van der Waals surface area (Å²) in [4.78, 5) is 22.5. The second kappa shape index (κ2) is 5.67. The third-order valence-electron chi connectivity index (χ3n) is 2.81.